The summed E-state index contributed by atoms with van der Waals surface area (Å²) in [5.74, 6) is 0. The molecule has 0 aromatic heterocycles. The first-order valence-corrected chi connectivity index (χ1v) is 23.9. The van der Waals surface area contributed by atoms with E-state index in [4.69, 9.17) is 28.2 Å². The van der Waals surface area contributed by atoms with Gasteiger partial charge in [0.1, 0.15) is 0 Å². The largest absolute Gasteiger partial charge is 1.00 e. The van der Waals surface area contributed by atoms with Gasteiger partial charge in [0.15, 0.2) is 0 Å². The fourth-order valence-corrected chi connectivity index (χ4v) is 21.8. The van der Waals surface area contributed by atoms with Gasteiger partial charge in [-0.05, 0) is 0 Å². The zero-order chi connectivity index (χ0) is 32.5. The molecule has 4 aromatic carbocycles. The van der Waals surface area contributed by atoms with Crippen LogP contribution in [0, 0.1) is 89.7 Å². The number of rotatable bonds is 5. The molecule has 227 valence electrons. The van der Waals surface area contributed by atoms with Crippen LogP contribution in [0.5, 0.6) is 0 Å². The molecule has 0 saturated carbocycles. The normalized spacial score (nSPS) is 11.2. The second-order valence-electron chi connectivity index (χ2n) is 12.4. The number of benzene rings is 4. The zero-order valence-corrected chi connectivity index (χ0v) is 34.5. The molecule has 1 radical (unpaired) electrons. The van der Waals surface area contributed by atoms with E-state index in [1.165, 1.54) is 53.3 Å². The fraction of sp³-hybridized carbons (Fsp3) is 0.316. The third-order valence-corrected chi connectivity index (χ3v) is 25.9. The van der Waals surface area contributed by atoms with Crippen LogP contribution in [0.25, 0.3) is 0 Å². The van der Waals surface area contributed by atoms with Gasteiger partial charge in [0, 0.05) is 0 Å². The van der Waals surface area contributed by atoms with Crippen molar-refractivity contribution in [1.82, 2.24) is 0 Å². The first-order valence-electron chi connectivity index (χ1n) is 14.7. The van der Waals surface area contributed by atoms with Gasteiger partial charge in [-0.1, -0.05) is 0 Å². The van der Waals surface area contributed by atoms with Crippen molar-refractivity contribution in [2.75, 3.05) is 0 Å². The molecule has 4 aromatic rings. The Morgan fingerprint density at radius 2 is 0.727 bits per heavy atom. The van der Waals surface area contributed by atoms with Crippen LogP contribution in [0.1, 0.15) is 66.8 Å². The second-order valence-corrected chi connectivity index (χ2v) is 25.8. The monoisotopic (exact) mass is 745 g/mol. The van der Waals surface area contributed by atoms with Crippen LogP contribution in [-0.2, 0) is 0 Å². The quantitative estimate of drug-likeness (QED) is 0.186. The Bertz CT molecular complexity index is 1500. The molecule has 4 rings (SSSR count). The van der Waals surface area contributed by atoms with Crippen molar-refractivity contribution in [1.29, 1.82) is 0 Å². The van der Waals surface area contributed by atoms with Crippen LogP contribution in [0.15, 0.2) is 52.4 Å². The summed E-state index contributed by atoms with van der Waals surface area (Å²) in [6, 6.07) is 17.1. The third-order valence-electron chi connectivity index (χ3n) is 8.17. The zero-order valence-electron chi connectivity index (χ0n) is 28.8. The van der Waals surface area contributed by atoms with E-state index in [9.17, 15) is 0 Å². The standard InChI is InChI=1S/C20H23Cl2Ge.C18H22FGe.Li/c1-12-8-14(3)19(15(4)9-12)23(22,18(7)21)20-16(5)10-13(2)11-17(20)6;1-11-7-13(3)17(14(4)8-11)20(19)18-15(5)9-12(2)10-16(18)6;/h7-11H,1-6H3;7-10H,1-6H3;/q-1;;+1. The number of hydrogen-bond acceptors (Lipinski definition) is 0. The van der Waals surface area contributed by atoms with Crippen LogP contribution in [0.3, 0.4) is 0 Å². The summed E-state index contributed by atoms with van der Waals surface area (Å²) in [4.78, 5) is 0. The van der Waals surface area contributed by atoms with Crippen LogP contribution < -0.4 is 36.4 Å². The van der Waals surface area contributed by atoms with Gasteiger partial charge in [0.05, 0.1) is 0 Å². The van der Waals surface area contributed by atoms with E-state index in [2.05, 4.69) is 104 Å². The maximum atomic E-state index is 15.3. The van der Waals surface area contributed by atoms with Crippen LogP contribution >= 0.6 is 21.6 Å². The molecule has 6 heteroatoms. The minimum atomic E-state index is -3.51. The van der Waals surface area contributed by atoms with Gasteiger partial charge >= 0.3 is 298 Å². The summed E-state index contributed by atoms with van der Waals surface area (Å²) in [7, 11) is 7.34. The molecule has 0 unspecified atom stereocenters. The van der Waals surface area contributed by atoms with Crippen LogP contribution in [-0.4, -0.2) is 27.1 Å². The van der Waals surface area contributed by atoms with Gasteiger partial charge in [-0.3, -0.25) is 0 Å². The molecule has 0 amide bonds. The van der Waals surface area contributed by atoms with Crippen molar-refractivity contribution in [3.63, 3.8) is 0 Å². The summed E-state index contributed by atoms with van der Waals surface area (Å²) >= 11 is 0.0224. The maximum Gasteiger partial charge on any atom is 1.00 e. The Hall–Kier alpha value is -1.19. The first-order chi connectivity index (χ1) is 19.9. The molecule has 0 aliphatic carbocycles. The minimum Gasteiger partial charge on any atom is 1.00 e. The van der Waals surface area contributed by atoms with E-state index in [-0.39, 0.29) is 18.9 Å². The van der Waals surface area contributed by atoms with E-state index >= 15 is 3.50 Å². The molecule has 0 atom stereocenters. The average Bonchev–Trinajstić information content (AvgIpc) is 2.81. The average molecular weight is 744 g/mol. The molecule has 0 heterocycles. The molecular formula is C38H45Cl2FGe2Li. The van der Waals surface area contributed by atoms with E-state index in [0.29, 0.717) is 3.86 Å². The molecule has 0 N–H and O–H groups in total. The third kappa shape index (κ3) is 8.20. The maximum absolute atomic E-state index is 15.3. The topological polar surface area (TPSA) is 0 Å². The van der Waals surface area contributed by atoms with Gasteiger partial charge in [0.2, 0.25) is 0 Å². The van der Waals surface area contributed by atoms with Gasteiger partial charge in [-0.25, -0.2) is 0 Å². The van der Waals surface area contributed by atoms with Crippen molar-refractivity contribution >= 4 is 66.3 Å². The molecule has 0 nitrogen and oxygen atoms in total. The molecule has 0 bridgehead atoms. The number of aryl methyl sites for hydroxylation is 12. The summed E-state index contributed by atoms with van der Waals surface area (Å²) in [5.41, 5.74) is 14.1. The Morgan fingerprint density at radius 3 is 0.932 bits per heavy atom. The van der Waals surface area contributed by atoms with E-state index in [1.807, 2.05) is 27.7 Å². The van der Waals surface area contributed by atoms with E-state index in [1.54, 1.807) is 0 Å². The number of halogens is 3. The minimum absolute atomic E-state index is 0. The summed E-state index contributed by atoms with van der Waals surface area (Å²) in [5, 5.41) is 0. The van der Waals surface area contributed by atoms with Crippen molar-refractivity contribution in [2.24, 2.45) is 0 Å². The predicted molar refractivity (Wildman–Crippen MR) is 193 cm³/mol. The van der Waals surface area contributed by atoms with Gasteiger partial charge in [0.25, 0.3) is 0 Å². The Morgan fingerprint density at radius 1 is 0.523 bits per heavy atom. The van der Waals surface area contributed by atoms with Crippen molar-refractivity contribution < 1.29 is 22.4 Å². The smallest absolute Gasteiger partial charge is 1.00 e. The Balaban J connectivity index is 0.000000303. The van der Waals surface area contributed by atoms with Gasteiger partial charge < -0.3 is 0 Å². The van der Waals surface area contributed by atoms with Crippen LogP contribution in [0.4, 0.5) is 3.50 Å². The fourth-order valence-electron chi connectivity index (χ4n) is 6.99. The summed E-state index contributed by atoms with van der Waals surface area (Å²) in [6.45, 7) is 31.2. The van der Waals surface area contributed by atoms with Crippen molar-refractivity contribution in [3.05, 3.63) is 126 Å². The SMILES string of the molecule is Cc1cc(C)[c]([Ge]([F])[c]2c(C)cc(C)cc2C)c(C)c1.[CH-]=[C](Cl)[Ge]([Cl])([c]1c(C)cc(C)cc1C)[c]1c(C)cc(C)cc1C.[Li+]. The van der Waals surface area contributed by atoms with Crippen molar-refractivity contribution in [3.8, 4) is 0 Å². The summed E-state index contributed by atoms with van der Waals surface area (Å²) in [6.07, 6.45) is 0. The van der Waals surface area contributed by atoms with Crippen molar-refractivity contribution in [2.45, 2.75) is 83.1 Å². The van der Waals surface area contributed by atoms with Gasteiger partial charge in [-0.15, -0.1) is 0 Å². The molecule has 0 aliphatic heterocycles. The van der Waals surface area contributed by atoms with Crippen LogP contribution in [0.2, 0.25) is 0 Å². The molecule has 44 heavy (non-hydrogen) atoms. The summed E-state index contributed by atoms with van der Waals surface area (Å²) < 4.78 is 20.0. The molecular weight excluding hydrogens is 698 g/mol. The number of hydrogen-bond donors (Lipinski definition) is 0. The second kappa shape index (κ2) is 15.6. The van der Waals surface area contributed by atoms with E-state index < -0.39 is 27.1 Å². The Kier molecular flexibility index (Phi) is 13.8. The molecule has 0 aliphatic rings. The molecule has 0 spiro atoms. The predicted octanol–water partition coefficient (Wildman–Crippen LogP) is 5.55. The molecule has 0 fully saturated rings. The first kappa shape index (κ1) is 39.0. The molecule has 0 saturated heterocycles. The van der Waals surface area contributed by atoms with Gasteiger partial charge in [-0.2, -0.15) is 0 Å². The van der Waals surface area contributed by atoms with E-state index in [0.717, 1.165) is 31.0 Å². The Labute approximate surface area is 295 Å².